The molecular weight excluding hydrogens is 244 g/mol. The van der Waals surface area contributed by atoms with Gasteiger partial charge in [0.25, 0.3) is 6.43 Å². The van der Waals surface area contributed by atoms with Crippen LogP contribution in [0.4, 0.5) is 8.78 Å². The Morgan fingerprint density at radius 3 is 2.69 bits per heavy atom. The molecule has 1 heterocycles. The van der Waals surface area contributed by atoms with Crippen LogP contribution in [0.3, 0.4) is 0 Å². The molecule has 0 aromatic carbocycles. The van der Waals surface area contributed by atoms with Gasteiger partial charge in [0.2, 0.25) is 0 Å². The van der Waals surface area contributed by atoms with Gasteiger partial charge in [-0.1, -0.05) is 15.9 Å². The SMILES string of the molecule is OCc1cc(C(F)F)cnc1CBr. The van der Waals surface area contributed by atoms with Crippen molar-refractivity contribution < 1.29 is 13.9 Å². The molecule has 72 valence electrons. The molecule has 1 aromatic rings. The normalized spacial score (nSPS) is 10.8. The van der Waals surface area contributed by atoms with E-state index < -0.39 is 6.43 Å². The first-order valence-corrected chi connectivity index (χ1v) is 4.74. The number of hydrogen-bond acceptors (Lipinski definition) is 2. The highest BCUT2D eigenvalue weighted by Crippen LogP contribution is 2.21. The minimum Gasteiger partial charge on any atom is -0.392 e. The van der Waals surface area contributed by atoms with Gasteiger partial charge in [0.05, 0.1) is 12.3 Å². The maximum absolute atomic E-state index is 12.2. The Morgan fingerprint density at radius 2 is 2.23 bits per heavy atom. The molecule has 0 aliphatic heterocycles. The first-order chi connectivity index (χ1) is 6.19. The molecule has 0 radical (unpaired) electrons. The van der Waals surface area contributed by atoms with Crippen LogP contribution in [-0.4, -0.2) is 10.1 Å². The lowest BCUT2D eigenvalue weighted by molar-refractivity contribution is 0.150. The van der Waals surface area contributed by atoms with E-state index in [9.17, 15) is 8.78 Å². The number of halogens is 3. The summed E-state index contributed by atoms with van der Waals surface area (Å²) in [4.78, 5) is 3.80. The molecule has 0 fully saturated rings. The Balaban J connectivity index is 3.05. The third kappa shape index (κ3) is 2.45. The average Bonchev–Trinajstić information content (AvgIpc) is 2.16. The van der Waals surface area contributed by atoms with E-state index in [-0.39, 0.29) is 12.2 Å². The Bertz CT molecular complexity index is 293. The number of pyridine rings is 1. The second-order valence-electron chi connectivity index (χ2n) is 2.47. The van der Waals surface area contributed by atoms with E-state index in [1.54, 1.807) is 0 Å². The van der Waals surface area contributed by atoms with Crippen molar-refractivity contribution in [3.8, 4) is 0 Å². The van der Waals surface area contributed by atoms with E-state index in [4.69, 9.17) is 5.11 Å². The zero-order valence-corrected chi connectivity index (χ0v) is 8.26. The zero-order valence-electron chi connectivity index (χ0n) is 6.67. The van der Waals surface area contributed by atoms with Crippen molar-refractivity contribution in [1.82, 2.24) is 4.98 Å². The summed E-state index contributed by atoms with van der Waals surface area (Å²) in [7, 11) is 0. The number of rotatable bonds is 3. The van der Waals surface area contributed by atoms with Gasteiger partial charge in [-0.15, -0.1) is 0 Å². The van der Waals surface area contributed by atoms with Gasteiger partial charge in [-0.2, -0.15) is 0 Å². The van der Waals surface area contributed by atoms with Crippen molar-refractivity contribution in [1.29, 1.82) is 0 Å². The molecule has 13 heavy (non-hydrogen) atoms. The molecule has 0 unspecified atom stereocenters. The smallest absolute Gasteiger partial charge is 0.265 e. The zero-order chi connectivity index (χ0) is 9.84. The Morgan fingerprint density at radius 1 is 1.54 bits per heavy atom. The number of nitrogens with zero attached hydrogens (tertiary/aromatic N) is 1. The van der Waals surface area contributed by atoms with E-state index in [2.05, 4.69) is 20.9 Å². The lowest BCUT2D eigenvalue weighted by atomic mass is 10.1. The second kappa shape index (κ2) is 4.62. The fraction of sp³-hybridized carbons (Fsp3) is 0.375. The number of aliphatic hydroxyl groups excluding tert-OH is 1. The molecule has 1 rings (SSSR count). The highest BCUT2D eigenvalue weighted by Gasteiger charge is 2.10. The number of aromatic nitrogens is 1. The lowest BCUT2D eigenvalue weighted by Gasteiger charge is -2.05. The molecule has 5 heteroatoms. The van der Waals surface area contributed by atoms with Crippen LogP contribution in [0.2, 0.25) is 0 Å². The fourth-order valence-electron chi connectivity index (χ4n) is 0.934. The predicted octanol–water partition coefficient (Wildman–Crippen LogP) is 2.41. The largest absolute Gasteiger partial charge is 0.392 e. The summed E-state index contributed by atoms with van der Waals surface area (Å²) in [6.07, 6.45) is -1.41. The van der Waals surface area contributed by atoms with Crippen LogP contribution in [0.1, 0.15) is 23.2 Å². The summed E-state index contributed by atoms with van der Waals surface area (Å²) >= 11 is 3.15. The van der Waals surface area contributed by atoms with Crippen molar-refractivity contribution >= 4 is 15.9 Å². The summed E-state index contributed by atoms with van der Waals surface area (Å²) in [5.74, 6) is 0. The fourth-order valence-corrected chi connectivity index (χ4v) is 1.44. The highest BCUT2D eigenvalue weighted by molar-refractivity contribution is 9.08. The maximum Gasteiger partial charge on any atom is 0.265 e. The highest BCUT2D eigenvalue weighted by atomic mass is 79.9. The molecule has 0 aliphatic carbocycles. The average molecular weight is 252 g/mol. The molecule has 2 nitrogen and oxygen atoms in total. The van der Waals surface area contributed by atoms with Crippen LogP contribution in [0.5, 0.6) is 0 Å². The number of aliphatic hydroxyl groups is 1. The van der Waals surface area contributed by atoms with Gasteiger partial charge in [-0.05, 0) is 6.07 Å². The summed E-state index contributed by atoms with van der Waals surface area (Å²) < 4.78 is 24.4. The molecule has 0 amide bonds. The standard InChI is InChI=1S/C8H8BrF2NO/c9-2-7-6(4-13)1-5(3-12-7)8(10)11/h1,3,8,13H,2,4H2. The molecule has 0 saturated heterocycles. The van der Waals surface area contributed by atoms with Crippen LogP contribution in [-0.2, 0) is 11.9 Å². The predicted molar refractivity (Wildman–Crippen MR) is 47.7 cm³/mol. The molecule has 1 aromatic heterocycles. The summed E-state index contributed by atoms with van der Waals surface area (Å²) in [5.41, 5.74) is 0.871. The molecule has 0 spiro atoms. The van der Waals surface area contributed by atoms with E-state index in [1.165, 1.54) is 6.07 Å². The first-order valence-electron chi connectivity index (χ1n) is 3.61. The Labute approximate surface area is 82.7 Å². The first kappa shape index (κ1) is 10.5. The maximum atomic E-state index is 12.2. The van der Waals surface area contributed by atoms with Gasteiger partial charge >= 0.3 is 0 Å². The van der Waals surface area contributed by atoms with Crippen molar-refractivity contribution in [2.24, 2.45) is 0 Å². The molecule has 0 saturated carbocycles. The topological polar surface area (TPSA) is 33.1 Å². The summed E-state index contributed by atoms with van der Waals surface area (Å²) in [6.45, 7) is -0.269. The van der Waals surface area contributed by atoms with Crippen LogP contribution in [0, 0.1) is 0 Å². The molecule has 1 N–H and O–H groups in total. The van der Waals surface area contributed by atoms with Gasteiger partial charge in [0.1, 0.15) is 0 Å². The van der Waals surface area contributed by atoms with Crippen LogP contribution < -0.4 is 0 Å². The van der Waals surface area contributed by atoms with Crippen molar-refractivity contribution in [2.45, 2.75) is 18.4 Å². The van der Waals surface area contributed by atoms with Gasteiger partial charge in [-0.25, -0.2) is 8.78 Å². The lowest BCUT2D eigenvalue weighted by Crippen LogP contribution is -1.98. The van der Waals surface area contributed by atoms with E-state index in [0.717, 1.165) is 6.20 Å². The number of hydrogen-bond donors (Lipinski definition) is 1. The van der Waals surface area contributed by atoms with E-state index in [0.29, 0.717) is 16.6 Å². The van der Waals surface area contributed by atoms with Gasteiger partial charge in [0.15, 0.2) is 0 Å². The molecular formula is C8H8BrF2NO. The minimum atomic E-state index is -2.54. The van der Waals surface area contributed by atoms with Gasteiger partial charge < -0.3 is 5.11 Å². The quantitative estimate of drug-likeness (QED) is 0.838. The van der Waals surface area contributed by atoms with Crippen molar-refractivity contribution in [2.75, 3.05) is 0 Å². The van der Waals surface area contributed by atoms with Crippen molar-refractivity contribution in [3.05, 3.63) is 29.1 Å². The number of alkyl halides is 3. The summed E-state index contributed by atoms with van der Waals surface area (Å²) in [6, 6.07) is 1.27. The van der Waals surface area contributed by atoms with Gasteiger partial charge in [0, 0.05) is 22.7 Å². The third-order valence-electron chi connectivity index (χ3n) is 1.63. The summed E-state index contributed by atoms with van der Waals surface area (Å²) in [5, 5.41) is 9.30. The Kier molecular flexibility index (Phi) is 3.74. The third-order valence-corrected chi connectivity index (χ3v) is 2.16. The Hall–Kier alpha value is -0.550. The monoisotopic (exact) mass is 251 g/mol. The van der Waals surface area contributed by atoms with E-state index in [1.807, 2.05) is 0 Å². The van der Waals surface area contributed by atoms with Crippen LogP contribution in [0.25, 0.3) is 0 Å². The van der Waals surface area contributed by atoms with Gasteiger partial charge in [-0.3, -0.25) is 4.98 Å². The molecule has 0 bridgehead atoms. The van der Waals surface area contributed by atoms with Crippen LogP contribution in [0.15, 0.2) is 12.3 Å². The van der Waals surface area contributed by atoms with Crippen molar-refractivity contribution in [3.63, 3.8) is 0 Å². The van der Waals surface area contributed by atoms with E-state index >= 15 is 0 Å². The second-order valence-corrected chi connectivity index (χ2v) is 3.03. The minimum absolute atomic E-state index is 0.159. The van der Waals surface area contributed by atoms with Crippen LogP contribution >= 0.6 is 15.9 Å². The molecule has 0 atom stereocenters. The molecule has 0 aliphatic rings.